The number of ether oxygens (including phenoxy) is 1. The van der Waals surface area contributed by atoms with Crippen molar-refractivity contribution in [1.82, 2.24) is 9.88 Å². The zero-order valence-corrected chi connectivity index (χ0v) is 22.6. The Morgan fingerprint density at radius 1 is 1.05 bits per heavy atom. The molecular weight excluding hydrogens is 526 g/mol. The Morgan fingerprint density at radius 3 is 2.44 bits per heavy atom. The van der Waals surface area contributed by atoms with Gasteiger partial charge in [0.15, 0.2) is 6.61 Å². The van der Waals surface area contributed by atoms with Crippen molar-refractivity contribution in [2.75, 3.05) is 36.7 Å². The molecule has 3 amide bonds. The number of furan rings is 1. The summed E-state index contributed by atoms with van der Waals surface area (Å²) in [5, 5.41) is 9.04. The van der Waals surface area contributed by atoms with E-state index in [0.29, 0.717) is 27.7 Å². The number of amides is 3. The van der Waals surface area contributed by atoms with Crippen molar-refractivity contribution < 1.29 is 28.3 Å². The number of pyridine rings is 1. The van der Waals surface area contributed by atoms with E-state index in [1.807, 2.05) is 14.1 Å². The highest BCUT2D eigenvalue weighted by molar-refractivity contribution is 6.30. The van der Waals surface area contributed by atoms with Crippen molar-refractivity contribution in [2.45, 2.75) is 38.6 Å². The zero-order valence-electron chi connectivity index (χ0n) is 21.9. The van der Waals surface area contributed by atoms with Crippen molar-refractivity contribution in [3.05, 3.63) is 47.3 Å². The highest BCUT2D eigenvalue weighted by Gasteiger charge is 2.30. The second kappa shape index (κ2) is 12.3. The summed E-state index contributed by atoms with van der Waals surface area (Å²) < 4.78 is 10.6. The van der Waals surface area contributed by atoms with Crippen LogP contribution in [0.4, 0.5) is 17.2 Å². The monoisotopic (exact) mass is 555 g/mol. The molecule has 2 heterocycles. The Labute approximate surface area is 230 Å². The van der Waals surface area contributed by atoms with E-state index in [2.05, 4.69) is 25.8 Å². The second-order valence-electron chi connectivity index (χ2n) is 9.62. The summed E-state index contributed by atoms with van der Waals surface area (Å²) in [6.45, 7) is 0.762. The van der Waals surface area contributed by atoms with E-state index < -0.39 is 24.4 Å². The standard InChI is InChI=1S/C27H30ClN5O6/c1-15(34)38-14-23(35)30-18-7-10-21-20(12-18)24(32-26(36)16-4-8-19(9-5-16)33(2)3)25(39-21)27(37)31-22-11-6-17(28)13-29-22/h6-7,10-13,16,19H,4-5,8-9,14H2,1-3H3,(H,30,35)(H,32,36)(H,29,31,37). The van der Waals surface area contributed by atoms with Crippen LogP contribution in [0.25, 0.3) is 11.0 Å². The molecule has 0 bridgehead atoms. The van der Waals surface area contributed by atoms with E-state index in [1.54, 1.807) is 30.3 Å². The molecule has 3 N–H and O–H groups in total. The third-order valence-corrected chi connectivity index (χ3v) is 6.82. The van der Waals surface area contributed by atoms with Crippen LogP contribution in [-0.4, -0.2) is 60.3 Å². The Hall–Kier alpha value is -3.96. The van der Waals surface area contributed by atoms with Crippen molar-refractivity contribution in [1.29, 1.82) is 0 Å². The lowest BCUT2D eigenvalue weighted by atomic mass is 9.85. The number of benzene rings is 1. The lowest BCUT2D eigenvalue weighted by molar-refractivity contribution is -0.144. The highest BCUT2D eigenvalue weighted by Crippen LogP contribution is 2.35. The summed E-state index contributed by atoms with van der Waals surface area (Å²) in [7, 11) is 4.07. The van der Waals surface area contributed by atoms with Crippen molar-refractivity contribution in [3.8, 4) is 0 Å². The van der Waals surface area contributed by atoms with Crippen LogP contribution < -0.4 is 16.0 Å². The van der Waals surface area contributed by atoms with Crippen LogP contribution in [0.1, 0.15) is 43.2 Å². The summed E-state index contributed by atoms with van der Waals surface area (Å²) >= 11 is 5.89. The molecule has 2 aromatic heterocycles. The predicted octanol–water partition coefficient (Wildman–Crippen LogP) is 4.29. The quantitative estimate of drug-likeness (QED) is 0.349. The van der Waals surface area contributed by atoms with Gasteiger partial charge in [-0.2, -0.15) is 0 Å². The average molecular weight is 556 g/mol. The minimum atomic E-state index is -0.618. The van der Waals surface area contributed by atoms with E-state index in [4.69, 9.17) is 20.8 Å². The van der Waals surface area contributed by atoms with Crippen LogP contribution in [0.5, 0.6) is 0 Å². The Morgan fingerprint density at radius 2 is 1.79 bits per heavy atom. The number of hydrogen-bond donors (Lipinski definition) is 3. The molecule has 1 aromatic carbocycles. The van der Waals surface area contributed by atoms with Crippen molar-refractivity contribution in [2.24, 2.45) is 5.92 Å². The van der Waals surface area contributed by atoms with Crippen LogP contribution >= 0.6 is 11.6 Å². The van der Waals surface area contributed by atoms with Gasteiger partial charge in [-0.1, -0.05) is 11.6 Å². The average Bonchev–Trinajstić information content (AvgIpc) is 3.26. The zero-order chi connectivity index (χ0) is 28.1. The summed E-state index contributed by atoms with van der Waals surface area (Å²) in [6, 6.07) is 8.29. The SMILES string of the molecule is CC(=O)OCC(=O)Nc1ccc2oc(C(=O)Nc3ccc(Cl)cn3)c(NC(=O)C3CCC(N(C)C)CC3)c2c1. The van der Waals surface area contributed by atoms with Gasteiger partial charge >= 0.3 is 5.97 Å². The molecule has 0 atom stereocenters. The van der Waals surface area contributed by atoms with E-state index in [9.17, 15) is 19.2 Å². The molecule has 0 aliphatic heterocycles. The molecule has 3 aromatic rings. The van der Waals surface area contributed by atoms with Crippen LogP contribution in [0.15, 0.2) is 40.9 Å². The Balaban J connectivity index is 1.61. The maximum Gasteiger partial charge on any atom is 0.303 e. The number of aromatic nitrogens is 1. The Kier molecular flexibility index (Phi) is 8.82. The lowest BCUT2D eigenvalue weighted by Crippen LogP contribution is -2.35. The summed E-state index contributed by atoms with van der Waals surface area (Å²) in [4.78, 5) is 56.0. The van der Waals surface area contributed by atoms with Crippen LogP contribution in [0.2, 0.25) is 5.02 Å². The number of hydrogen-bond acceptors (Lipinski definition) is 8. The number of halogens is 1. The number of fused-ring (bicyclic) bond motifs is 1. The van der Waals surface area contributed by atoms with Gasteiger partial charge in [-0.05, 0) is 70.1 Å². The molecule has 12 heteroatoms. The number of nitrogens with zero attached hydrogens (tertiary/aromatic N) is 2. The van der Waals surface area contributed by atoms with Gasteiger partial charge in [0, 0.05) is 36.2 Å². The molecular formula is C27H30ClN5O6. The molecule has 0 spiro atoms. The number of carbonyl (C=O) groups is 4. The van der Waals surface area contributed by atoms with Crippen LogP contribution in [0.3, 0.4) is 0 Å². The summed E-state index contributed by atoms with van der Waals surface area (Å²) in [6.07, 6.45) is 4.63. The fourth-order valence-corrected chi connectivity index (χ4v) is 4.64. The van der Waals surface area contributed by atoms with E-state index in [-0.39, 0.29) is 29.1 Å². The van der Waals surface area contributed by atoms with E-state index in [1.165, 1.54) is 13.1 Å². The van der Waals surface area contributed by atoms with Crippen LogP contribution in [0, 0.1) is 5.92 Å². The summed E-state index contributed by atoms with van der Waals surface area (Å²) in [5.74, 6) is -2.02. The fourth-order valence-electron chi connectivity index (χ4n) is 4.53. The summed E-state index contributed by atoms with van der Waals surface area (Å²) in [5.41, 5.74) is 0.884. The molecule has 206 valence electrons. The molecule has 4 rings (SSSR count). The van der Waals surface area contributed by atoms with Gasteiger partial charge in [0.05, 0.1) is 5.02 Å². The van der Waals surface area contributed by atoms with Crippen molar-refractivity contribution >= 4 is 63.5 Å². The minimum absolute atomic E-state index is 0.111. The van der Waals surface area contributed by atoms with Crippen LogP contribution in [-0.2, 0) is 19.1 Å². The molecule has 0 radical (unpaired) electrons. The Bertz CT molecular complexity index is 1380. The molecule has 11 nitrogen and oxygen atoms in total. The predicted molar refractivity (Wildman–Crippen MR) is 147 cm³/mol. The largest absolute Gasteiger partial charge is 0.456 e. The smallest absolute Gasteiger partial charge is 0.303 e. The number of anilines is 3. The van der Waals surface area contributed by atoms with Gasteiger partial charge in [0.25, 0.3) is 11.8 Å². The molecule has 1 aliphatic carbocycles. The van der Waals surface area contributed by atoms with Crippen molar-refractivity contribution in [3.63, 3.8) is 0 Å². The fraction of sp³-hybridized carbons (Fsp3) is 0.370. The van der Waals surface area contributed by atoms with Gasteiger partial charge in [0.1, 0.15) is 17.1 Å². The minimum Gasteiger partial charge on any atom is -0.456 e. The molecule has 1 aliphatic rings. The second-order valence-corrected chi connectivity index (χ2v) is 10.1. The third kappa shape index (κ3) is 7.12. The first-order chi connectivity index (χ1) is 18.6. The number of carbonyl (C=O) groups excluding carboxylic acids is 4. The molecule has 1 fully saturated rings. The first-order valence-electron chi connectivity index (χ1n) is 12.5. The molecule has 39 heavy (non-hydrogen) atoms. The number of rotatable bonds is 8. The lowest BCUT2D eigenvalue weighted by Gasteiger charge is -2.31. The van der Waals surface area contributed by atoms with Gasteiger partial charge in [-0.25, -0.2) is 4.98 Å². The first-order valence-corrected chi connectivity index (χ1v) is 12.9. The van der Waals surface area contributed by atoms with Gasteiger partial charge in [-0.15, -0.1) is 0 Å². The third-order valence-electron chi connectivity index (χ3n) is 6.60. The molecule has 0 unspecified atom stereocenters. The first kappa shape index (κ1) is 28.1. The molecule has 0 saturated heterocycles. The van der Waals surface area contributed by atoms with E-state index >= 15 is 0 Å². The number of esters is 1. The maximum absolute atomic E-state index is 13.3. The normalized spacial score (nSPS) is 17.1. The van der Waals surface area contributed by atoms with Gasteiger partial charge in [-0.3, -0.25) is 19.2 Å². The highest BCUT2D eigenvalue weighted by atomic mass is 35.5. The number of nitrogens with one attached hydrogen (secondary N) is 3. The van der Waals surface area contributed by atoms with Gasteiger partial charge in [0.2, 0.25) is 11.7 Å². The van der Waals surface area contributed by atoms with E-state index in [0.717, 1.165) is 25.7 Å². The topological polar surface area (TPSA) is 143 Å². The van der Waals surface area contributed by atoms with Gasteiger partial charge < -0.3 is 30.0 Å². The maximum atomic E-state index is 13.3. The molecule has 1 saturated carbocycles.